The largest absolute Gasteiger partial charge is 0.360 e. The monoisotopic (exact) mass is 279 g/mol. The summed E-state index contributed by atoms with van der Waals surface area (Å²) < 4.78 is 0. The van der Waals surface area contributed by atoms with E-state index >= 15 is 0 Å². The molecule has 0 aromatic carbocycles. The lowest BCUT2D eigenvalue weighted by Crippen LogP contribution is -2.32. The van der Waals surface area contributed by atoms with Gasteiger partial charge in [-0.15, -0.1) is 10.2 Å². The molecule has 0 bridgehead atoms. The molecule has 0 saturated carbocycles. The number of carbonyl (C=O) groups is 2. The lowest BCUT2D eigenvalue weighted by Gasteiger charge is -2.10. The molecule has 0 spiro atoms. The number of hydrogen-bond donors (Lipinski definition) is 2. The Balaban J connectivity index is 2.46. The average molecular weight is 279 g/mol. The van der Waals surface area contributed by atoms with Crippen LogP contribution in [0.3, 0.4) is 0 Å². The molecule has 0 fully saturated rings. The first-order valence-corrected chi connectivity index (χ1v) is 6.46. The fourth-order valence-corrected chi connectivity index (χ4v) is 1.32. The zero-order valence-corrected chi connectivity index (χ0v) is 12.3. The molecule has 1 aromatic heterocycles. The van der Waals surface area contributed by atoms with Crippen LogP contribution in [-0.2, 0) is 4.79 Å². The molecule has 0 aliphatic heterocycles. The fraction of sp³-hybridized carbons (Fsp3) is 0.538. The highest BCUT2D eigenvalue weighted by Crippen LogP contribution is 2.03. The number of nitrogens with one attached hydrogen (secondary N) is 2. The summed E-state index contributed by atoms with van der Waals surface area (Å²) in [6, 6.07) is 3.20. The van der Waals surface area contributed by atoms with E-state index in [0.29, 0.717) is 18.3 Å². The van der Waals surface area contributed by atoms with Crippen LogP contribution in [0, 0.1) is 5.92 Å². The lowest BCUT2D eigenvalue weighted by atomic mass is 10.2. The van der Waals surface area contributed by atoms with Gasteiger partial charge < -0.3 is 15.5 Å². The summed E-state index contributed by atoms with van der Waals surface area (Å²) in [5, 5.41) is 13.3. The van der Waals surface area contributed by atoms with Gasteiger partial charge >= 0.3 is 0 Å². The second-order valence-electron chi connectivity index (χ2n) is 5.05. The topological polar surface area (TPSA) is 87.2 Å². The quantitative estimate of drug-likeness (QED) is 0.785. The second-order valence-corrected chi connectivity index (χ2v) is 5.05. The van der Waals surface area contributed by atoms with Crippen molar-refractivity contribution >= 4 is 17.6 Å². The molecule has 1 heterocycles. The van der Waals surface area contributed by atoms with E-state index in [1.165, 1.54) is 4.90 Å². The van der Waals surface area contributed by atoms with Crippen LogP contribution in [0.25, 0.3) is 0 Å². The highest BCUT2D eigenvalue weighted by molar-refractivity contribution is 5.91. The molecule has 0 saturated heterocycles. The van der Waals surface area contributed by atoms with E-state index in [1.807, 2.05) is 13.8 Å². The first-order chi connectivity index (χ1) is 9.40. The van der Waals surface area contributed by atoms with Crippen molar-refractivity contribution in [2.75, 3.05) is 32.5 Å². The van der Waals surface area contributed by atoms with Crippen LogP contribution in [-0.4, -0.2) is 54.1 Å². The van der Waals surface area contributed by atoms with E-state index in [1.54, 1.807) is 26.2 Å². The summed E-state index contributed by atoms with van der Waals surface area (Å²) in [5.74, 6) is 0.558. The maximum absolute atomic E-state index is 11.6. The Bertz CT molecular complexity index is 456. The molecule has 1 aromatic rings. The van der Waals surface area contributed by atoms with E-state index in [2.05, 4.69) is 20.8 Å². The Labute approximate surface area is 118 Å². The molecule has 2 amide bonds. The van der Waals surface area contributed by atoms with Crippen LogP contribution in [0.5, 0.6) is 0 Å². The number of nitrogens with zero attached hydrogens (tertiary/aromatic N) is 3. The van der Waals surface area contributed by atoms with E-state index in [0.717, 1.165) is 0 Å². The van der Waals surface area contributed by atoms with Crippen LogP contribution < -0.4 is 10.6 Å². The van der Waals surface area contributed by atoms with Gasteiger partial charge in [-0.3, -0.25) is 9.59 Å². The number of aromatic nitrogens is 2. The van der Waals surface area contributed by atoms with Gasteiger partial charge in [0, 0.05) is 20.6 Å². The lowest BCUT2D eigenvalue weighted by molar-refractivity contribution is -0.119. The van der Waals surface area contributed by atoms with Crippen molar-refractivity contribution in [1.82, 2.24) is 20.4 Å². The first-order valence-electron chi connectivity index (χ1n) is 6.46. The summed E-state index contributed by atoms with van der Waals surface area (Å²) in [6.07, 6.45) is 0. The smallest absolute Gasteiger partial charge is 0.273 e. The Morgan fingerprint density at radius 1 is 1.25 bits per heavy atom. The van der Waals surface area contributed by atoms with Crippen molar-refractivity contribution < 1.29 is 9.59 Å². The summed E-state index contributed by atoms with van der Waals surface area (Å²) in [5.41, 5.74) is 0.268. The minimum atomic E-state index is -0.210. The van der Waals surface area contributed by atoms with E-state index in [-0.39, 0.29) is 24.1 Å². The summed E-state index contributed by atoms with van der Waals surface area (Å²) >= 11 is 0. The zero-order valence-electron chi connectivity index (χ0n) is 12.3. The minimum absolute atomic E-state index is 0.103. The zero-order chi connectivity index (χ0) is 15.1. The fourth-order valence-electron chi connectivity index (χ4n) is 1.32. The maximum atomic E-state index is 11.6. The van der Waals surface area contributed by atoms with Crippen molar-refractivity contribution in [3.05, 3.63) is 17.8 Å². The van der Waals surface area contributed by atoms with Crippen molar-refractivity contribution in [3.8, 4) is 0 Å². The van der Waals surface area contributed by atoms with Gasteiger partial charge in [-0.25, -0.2) is 0 Å². The van der Waals surface area contributed by atoms with Crippen LogP contribution in [0.4, 0.5) is 5.82 Å². The van der Waals surface area contributed by atoms with E-state index < -0.39 is 0 Å². The molecule has 0 aliphatic rings. The van der Waals surface area contributed by atoms with Gasteiger partial charge in [0.25, 0.3) is 5.91 Å². The molecule has 1 rings (SSSR count). The number of carbonyl (C=O) groups excluding carboxylic acids is 2. The normalized spacial score (nSPS) is 10.2. The highest BCUT2D eigenvalue weighted by atomic mass is 16.2. The molecular weight excluding hydrogens is 258 g/mol. The third kappa shape index (κ3) is 5.21. The second kappa shape index (κ2) is 7.42. The Kier molecular flexibility index (Phi) is 5.89. The molecule has 0 radical (unpaired) electrons. The predicted molar refractivity (Wildman–Crippen MR) is 76.4 cm³/mol. The summed E-state index contributed by atoms with van der Waals surface area (Å²) in [6.45, 7) is 4.82. The predicted octanol–water partition coefficient (Wildman–Crippen LogP) is 0.362. The molecular formula is C13H21N5O2. The van der Waals surface area contributed by atoms with Crippen molar-refractivity contribution in [1.29, 1.82) is 0 Å². The van der Waals surface area contributed by atoms with Gasteiger partial charge in [-0.2, -0.15) is 0 Å². The number of hydrogen-bond acceptors (Lipinski definition) is 5. The molecule has 0 unspecified atom stereocenters. The third-order valence-corrected chi connectivity index (χ3v) is 2.43. The SMILES string of the molecule is CC(C)CNC(=O)CNc1ccc(C(=O)N(C)C)nn1. The number of amides is 2. The summed E-state index contributed by atoms with van der Waals surface area (Å²) in [4.78, 5) is 24.5. The Hall–Kier alpha value is -2.18. The highest BCUT2D eigenvalue weighted by Gasteiger charge is 2.10. The standard InChI is InChI=1S/C13H21N5O2/c1-9(2)7-15-12(19)8-14-11-6-5-10(16-17-11)13(20)18(3)4/h5-6,9H,7-8H2,1-4H3,(H,14,17)(H,15,19). The average Bonchev–Trinajstić information content (AvgIpc) is 2.42. The van der Waals surface area contributed by atoms with Crippen LogP contribution in [0.15, 0.2) is 12.1 Å². The van der Waals surface area contributed by atoms with Crippen LogP contribution >= 0.6 is 0 Å². The van der Waals surface area contributed by atoms with Crippen molar-refractivity contribution in [2.24, 2.45) is 5.92 Å². The van der Waals surface area contributed by atoms with Gasteiger partial charge in [0.05, 0.1) is 6.54 Å². The molecule has 0 aliphatic carbocycles. The molecule has 7 heteroatoms. The molecule has 0 atom stereocenters. The van der Waals surface area contributed by atoms with Crippen molar-refractivity contribution in [3.63, 3.8) is 0 Å². The van der Waals surface area contributed by atoms with Gasteiger partial charge in [0.1, 0.15) is 5.82 Å². The number of rotatable bonds is 6. The summed E-state index contributed by atoms with van der Waals surface area (Å²) in [7, 11) is 3.30. The van der Waals surface area contributed by atoms with Gasteiger partial charge in [-0.1, -0.05) is 13.8 Å². The van der Waals surface area contributed by atoms with E-state index in [4.69, 9.17) is 0 Å². The Morgan fingerprint density at radius 2 is 1.95 bits per heavy atom. The molecule has 20 heavy (non-hydrogen) atoms. The molecule has 2 N–H and O–H groups in total. The van der Waals surface area contributed by atoms with Crippen LogP contribution in [0.2, 0.25) is 0 Å². The van der Waals surface area contributed by atoms with E-state index in [9.17, 15) is 9.59 Å². The molecule has 110 valence electrons. The van der Waals surface area contributed by atoms with Gasteiger partial charge in [-0.05, 0) is 18.1 Å². The van der Waals surface area contributed by atoms with Crippen molar-refractivity contribution in [2.45, 2.75) is 13.8 Å². The van der Waals surface area contributed by atoms with Gasteiger partial charge in [0.15, 0.2) is 5.69 Å². The number of anilines is 1. The van der Waals surface area contributed by atoms with Crippen LogP contribution in [0.1, 0.15) is 24.3 Å². The Morgan fingerprint density at radius 3 is 2.45 bits per heavy atom. The maximum Gasteiger partial charge on any atom is 0.273 e. The third-order valence-electron chi connectivity index (χ3n) is 2.43. The first kappa shape index (κ1) is 15.9. The molecule has 7 nitrogen and oxygen atoms in total. The minimum Gasteiger partial charge on any atom is -0.360 e. The van der Waals surface area contributed by atoms with Gasteiger partial charge in [0.2, 0.25) is 5.91 Å².